The lowest BCUT2D eigenvalue weighted by molar-refractivity contribution is -0.864. The minimum absolute atomic E-state index is 0.0252. The number of rotatable bonds is 5. The van der Waals surface area contributed by atoms with Crippen LogP contribution >= 0.6 is 11.6 Å². The van der Waals surface area contributed by atoms with Gasteiger partial charge >= 0.3 is 0 Å². The van der Waals surface area contributed by atoms with E-state index in [0.29, 0.717) is 17.3 Å². The maximum Gasteiger partial charge on any atom is 0.279 e. The SMILES string of the molecule is CC(C)=CC[NH+](C)CC(=O)Nc1ccccc1Cl. The van der Waals surface area contributed by atoms with Crippen LogP contribution in [0.5, 0.6) is 0 Å². The van der Waals surface area contributed by atoms with Crippen LogP contribution in [0, 0.1) is 0 Å². The summed E-state index contributed by atoms with van der Waals surface area (Å²) in [7, 11) is 1.99. The van der Waals surface area contributed by atoms with E-state index in [9.17, 15) is 4.79 Å². The van der Waals surface area contributed by atoms with Gasteiger partial charge in [0, 0.05) is 0 Å². The van der Waals surface area contributed by atoms with Gasteiger partial charge in [-0.25, -0.2) is 0 Å². The first kappa shape index (κ1) is 14.7. The number of allylic oxidation sites excluding steroid dienone is 1. The number of halogens is 1. The van der Waals surface area contributed by atoms with Crippen LogP contribution in [0.25, 0.3) is 0 Å². The van der Waals surface area contributed by atoms with Crippen LogP contribution < -0.4 is 10.2 Å². The van der Waals surface area contributed by atoms with Gasteiger partial charge in [0.1, 0.15) is 0 Å². The molecule has 0 saturated carbocycles. The highest BCUT2D eigenvalue weighted by molar-refractivity contribution is 6.33. The topological polar surface area (TPSA) is 33.5 Å². The van der Waals surface area contributed by atoms with E-state index in [0.717, 1.165) is 11.4 Å². The fourth-order valence-electron chi connectivity index (χ4n) is 1.48. The minimum Gasteiger partial charge on any atom is -0.326 e. The third-order valence-corrected chi connectivity index (χ3v) is 2.80. The Morgan fingerprint density at radius 2 is 2.06 bits per heavy atom. The van der Waals surface area contributed by atoms with Gasteiger partial charge in [-0.3, -0.25) is 4.79 Å². The molecule has 0 aromatic heterocycles. The van der Waals surface area contributed by atoms with Crippen molar-refractivity contribution >= 4 is 23.2 Å². The smallest absolute Gasteiger partial charge is 0.279 e. The molecule has 1 aromatic carbocycles. The van der Waals surface area contributed by atoms with Crippen LogP contribution in [0.3, 0.4) is 0 Å². The number of benzene rings is 1. The summed E-state index contributed by atoms with van der Waals surface area (Å²) >= 11 is 5.98. The highest BCUT2D eigenvalue weighted by Crippen LogP contribution is 2.19. The quantitative estimate of drug-likeness (QED) is 0.783. The van der Waals surface area contributed by atoms with Crippen LogP contribution in [-0.4, -0.2) is 26.0 Å². The number of para-hydroxylation sites is 1. The Labute approximate surface area is 113 Å². The first-order valence-electron chi connectivity index (χ1n) is 5.98. The van der Waals surface area contributed by atoms with Crippen molar-refractivity contribution in [2.24, 2.45) is 0 Å². The average Bonchev–Trinajstić information content (AvgIpc) is 2.29. The molecule has 0 aliphatic carbocycles. The van der Waals surface area contributed by atoms with E-state index in [-0.39, 0.29) is 5.91 Å². The number of nitrogens with one attached hydrogen (secondary N) is 2. The molecule has 1 unspecified atom stereocenters. The van der Waals surface area contributed by atoms with Gasteiger partial charge in [-0.2, -0.15) is 0 Å². The molecule has 0 fully saturated rings. The maximum atomic E-state index is 11.8. The fourth-order valence-corrected chi connectivity index (χ4v) is 1.66. The molecule has 0 heterocycles. The molecule has 18 heavy (non-hydrogen) atoms. The summed E-state index contributed by atoms with van der Waals surface area (Å²) in [6.45, 7) is 5.38. The maximum absolute atomic E-state index is 11.8. The van der Waals surface area contributed by atoms with E-state index in [1.165, 1.54) is 5.57 Å². The van der Waals surface area contributed by atoms with Gasteiger partial charge in [0.05, 0.1) is 24.3 Å². The van der Waals surface area contributed by atoms with Crippen molar-refractivity contribution in [2.75, 3.05) is 25.5 Å². The zero-order valence-corrected chi connectivity index (χ0v) is 11.8. The second-order valence-electron chi connectivity index (χ2n) is 4.65. The Balaban J connectivity index is 2.47. The molecule has 1 atom stereocenters. The molecule has 0 bridgehead atoms. The third-order valence-electron chi connectivity index (χ3n) is 2.47. The molecular weight excluding hydrogens is 248 g/mol. The van der Waals surface area contributed by atoms with Crippen molar-refractivity contribution in [2.45, 2.75) is 13.8 Å². The van der Waals surface area contributed by atoms with E-state index < -0.39 is 0 Å². The lowest BCUT2D eigenvalue weighted by Gasteiger charge is -2.12. The van der Waals surface area contributed by atoms with E-state index in [2.05, 4.69) is 25.2 Å². The molecule has 2 N–H and O–H groups in total. The van der Waals surface area contributed by atoms with E-state index in [4.69, 9.17) is 11.6 Å². The molecule has 0 spiro atoms. The summed E-state index contributed by atoms with van der Waals surface area (Å²) in [5.41, 5.74) is 1.93. The summed E-state index contributed by atoms with van der Waals surface area (Å²) in [5, 5.41) is 3.38. The van der Waals surface area contributed by atoms with Gasteiger partial charge in [-0.15, -0.1) is 0 Å². The van der Waals surface area contributed by atoms with Crippen molar-refractivity contribution in [3.63, 3.8) is 0 Å². The molecule has 0 radical (unpaired) electrons. The Bertz CT molecular complexity index is 439. The van der Waals surface area contributed by atoms with Crippen LogP contribution in [0.1, 0.15) is 13.8 Å². The first-order chi connectivity index (χ1) is 8.49. The summed E-state index contributed by atoms with van der Waals surface area (Å²) in [4.78, 5) is 12.9. The van der Waals surface area contributed by atoms with Crippen LogP contribution in [0.4, 0.5) is 5.69 Å². The molecule has 1 aromatic rings. The van der Waals surface area contributed by atoms with Crippen LogP contribution in [0.2, 0.25) is 5.02 Å². The Hall–Kier alpha value is -1.32. The predicted molar refractivity (Wildman–Crippen MR) is 76.1 cm³/mol. The molecule has 1 amide bonds. The normalized spacial score (nSPS) is 11.8. The second kappa shape index (κ2) is 7.19. The summed E-state index contributed by atoms with van der Waals surface area (Å²) in [5.74, 6) is -0.0252. The Morgan fingerprint density at radius 1 is 1.39 bits per heavy atom. The van der Waals surface area contributed by atoms with Crippen molar-refractivity contribution in [3.05, 3.63) is 40.9 Å². The zero-order chi connectivity index (χ0) is 13.5. The number of quaternary nitrogens is 1. The minimum atomic E-state index is -0.0252. The fraction of sp³-hybridized carbons (Fsp3) is 0.357. The number of carbonyl (C=O) groups is 1. The van der Waals surface area contributed by atoms with E-state index in [1.54, 1.807) is 12.1 Å². The second-order valence-corrected chi connectivity index (χ2v) is 5.05. The number of hydrogen-bond donors (Lipinski definition) is 2. The molecule has 4 heteroatoms. The highest BCUT2D eigenvalue weighted by atomic mass is 35.5. The third kappa shape index (κ3) is 5.34. The van der Waals surface area contributed by atoms with Crippen molar-refractivity contribution < 1.29 is 9.69 Å². The van der Waals surface area contributed by atoms with Gasteiger partial charge in [0.15, 0.2) is 6.54 Å². The monoisotopic (exact) mass is 267 g/mol. The Morgan fingerprint density at radius 3 is 2.67 bits per heavy atom. The average molecular weight is 268 g/mol. The van der Waals surface area contributed by atoms with E-state index in [1.807, 2.05) is 19.2 Å². The van der Waals surface area contributed by atoms with Crippen molar-refractivity contribution in [1.82, 2.24) is 0 Å². The van der Waals surface area contributed by atoms with Gasteiger partial charge in [-0.1, -0.05) is 29.3 Å². The summed E-state index contributed by atoms with van der Waals surface area (Å²) in [6.07, 6.45) is 2.12. The molecule has 0 aliphatic heterocycles. The molecule has 0 aliphatic rings. The molecule has 1 rings (SSSR count). The van der Waals surface area contributed by atoms with Crippen molar-refractivity contribution in [1.29, 1.82) is 0 Å². The summed E-state index contributed by atoms with van der Waals surface area (Å²) in [6, 6.07) is 7.24. The standard InChI is InChI=1S/C14H19ClN2O/c1-11(2)8-9-17(3)10-14(18)16-13-7-5-4-6-12(13)15/h4-8H,9-10H2,1-3H3,(H,16,18)/p+1. The van der Waals surface area contributed by atoms with Crippen molar-refractivity contribution in [3.8, 4) is 0 Å². The number of hydrogen-bond acceptors (Lipinski definition) is 1. The highest BCUT2D eigenvalue weighted by Gasteiger charge is 2.10. The molecular formula is C14H20ClN2O+. The number of amides is 1. The lowest BCUT2D eigenvalue weighted by Crippen LogP contribution is -3.09. The number of likely N-dealkylation sites (N-methyl/N-ethyl adjacent to an activating group) is 1. The van der Waals surface area contributed by atoms with Crippen LogP contribution in [-0.2, 0) is 4.79 Å². The number of anilines is 1. The Kier molecular flexibility index (Phi) is 5.89. The van der Waals surface area contributed by atoms with Gasteiger partial charge in [-0.05, 0) is 32.1 Å². The van der Waals surface area contributed by atoms with Gasteiger partial charge < -0.3 is 10.2 Å². The predicted octanol–water partition coefficient (Wildman–Crippen LogP) is 1.76. The van der Waals surface area contributed by atoms with Gasteiger partial charge in [0.2, 0.25) is 0 Å². The van der Waals surface area contributed by atoms with Crippen LogP contribution in [0.15, 0.2) is 35.9 Å². The largest absolute Gasteiger partial charge is 0.326 e. The first-order valence-corrected chi connectivity index (χ1v) is 6.36. The molecule has 3 nitrogen and oxygen atoms in total. The van der Waals surface area contributed by atoms with Gasteiger partial charge in [0.25, 0.3) is 5.91 Å². The molecule has 0 saturated heterocycles. The van der Waals surface area contributed by atoms with E-state index >= 15 is 0 Å². The summed E-state index contributed by atoms with van der Waals surface area (Å²) < 4.78 is 0. The number of carbonyl (C=O) groups excluding carboxylic acids is 1. The lowest BCUT2D eigenvalue weighted by atomic mass is 10.3. The zero-order valence-electron chi connectivity index (χ0n) is 11.1. The molecule has 98 valence electrons.